The van der Waals surface area contributed by atoms with Crippen molar-refractivity contribution in [2.45, 2.75) is 70.4 Å². The summed E-state index contributed by atoms with van der Waals surface area (Å²) in [6, 6.07) is 0.0374. The minimum Gasteiger partial charge on any atom is -0.480 e. The molecule has 0 aromatic rings. The smallest absolute Gasteiger partial charge is 0.320 e. The number of carboxylic acid groups (broad SMARTS) is 1. The van der Waals surface area contributed by atoms with Crippen molar-refractivity contribution in [3.8, 4) is 0 Å². The molecule has 2 atom stereocenters. The molecule has 3 nitrogen and oxygen atoms in total. The zero-order chi connectivity index (χ0) is 11.6. The Kier molecular flexibility index (Phi) is 3.53. The first-order valence-electron chi connectivity index (χ1n) is 6.63. The van der Waals surface area contributed by atoms with Crippen molar-refractivity contribution in [3.63, 3.8) is 0 Å². The van der Waals surface area contributed by atoms with Crippen LogP contribution in [-0.4, -0.2) is 23.2 Å². The number of carbonyl (C=O) groups is 1. The third-order valence-electron chi connectivity index (χ3n) is 4.58. The van der Waals surface area contributed by atoms with Crippen LogP contribution < -0.4 is 5.32 Å². The van der Waals surface area contributed by atoms with Crippen LogP contribution in [0.5, 0.6) is 0 Å². The Labute approximate surface area is 97.6 Å². The summed E-state index contributed by atoms with van der Waals surface area (Å²) in [5.74, 6) is -0.723. The predicted octanol–water partition coefficient (Wildman–Crippen LogP) is 2.55. The van der Waals surface area contributed by atoms with Crippen LogP contribution in [0.15, 0.2) is 0 Å². The molecule has 0 saturated heterocycles. The van der Waals surface area contributed by atoms with Gasteiger partial charge in [-0.15, -0.1) is 0 Å². The Morgan fingerprint density at radius 3 is 2.38 bits per heavy atom. The van der Waals surface area contributed by atoms with E-state index in [1.54, 1.807) is 6.92 Å². The van der Waals surface area contributed by atoms with E-state index in [9.17, 15) is 4.79 Å². The minimum absolute atomic E-state index is 0.402. The molecule has 0 aromatic carbocycles. The van der Waals surface area contributed by atoms with E-state index < -0.39 is 12.0 Å². The van der Waals surface area contributed by atoms with Gasteiger partial charge in [0.25, 0.3) is 0 Å². The van der Waals surface area contributed by atoms with Gasteiger partial charge in [-0.05, 0) is 38.0 Å². The van der Waals surface area contributed by atoms with Crippen molar-refractivity contribution in [1.29, 1.82) is 0 Å². The van der Waals surface area contributed by atoms with E-state index in [0.717, 1.165) is 6.42 Å². The first-order valence-corrected chi connectivity index (χ1v) is 6.63. The van der Waals surface area contributed by atoms with Crippen molar-refractivity contribution in [2.75, 3.05) is 0 Å². The zero-order valence-electron chi connectivity index (χ0n) is 10.2. The Hall–Kier alpha value is -0.570. The molecule has 16 heavy (non-hydrogen) atoms. The number of hydrogen-bond acceptors (Lipinski definition) is 2. The fourth-order valence-electron chi connectivity index (χ4n) is 3.62. The lowest BCUT2D eigenvalue weighted by Gasteiger charge is -2.43. The molecule has 3 heteroatoms. The van der Waals surface area contributed by atoms with Crippen LogP contribution in [0.25, 0.3) is 0 Å². The Bertz CT molecular complexity index is 259. The number of aliphatic carboxylic acids is 1. The van der Waals surface area contributed by atoms with Crippen molar-refractivity contribution >= 4 is 5.97 Å². The molecule has 2 fully saturated rings. The Morgan fingerprint density at radius 1 is 1.25 bits per heavy atom. The van der Waals surface area contributed by atoms with Crippen LogP contribution in [0, 0.1) is 5.41 Å². The molecule has 0 aliphatic heterocycles. The number of carboxylic acids is 1. The lowest BCUT2D eigenvalue weighted by molar-refractivity contribution is -0.139. The summed E-state index contributed by atoms with van der Waals surface area (Å²) >= 11 is 0. The summed E-state index contributed by atoms with van der Waals surface area (Å²) in [7, 11) is 0. The van der Waals surface area contributed by atoms with E-state index in [-0.39, 0.29) is 0 Å². The molecule has 2 rings (SSSR count). The molecule has 0 aromatic heterocycles. The van der Waals surface area contributed by atoms with Gasteiger partial charge in [-0.3, -0.25) is 4.79 Å². The molecule has 2 aliphatic rings. The maximum Gasteiger partial charge on any atom is 0.320 e. The SMILES string of the molecule is CC(NC1CCCCC12CCCC2)C(=O)O. The van der Waals surface area contributed by atoms with E-state index in [1.807, 2.05) is 0 Å². The summed E-state index contributed by atoms with van der Waals surface area (Å²) in [5, 5.41) is 12.3. The second-order valence-electron chi connectivity index (χ2n) is 5.59. The first kappa shape index (κ1) is 11.9. The first-order chi connectivity index (χ1) is 7.64. The highest BCUT2D eigenvalue weighted by Crippen LogP contribution is 2.49. The summed E-state index contributed by atoms with van der Waals surface area (Å²) in [4.78, 5) is 10.9. The molecule has 92 valence electrons. The molecule has 0 radical (unpaired) electrons. The van der Waals surface area contributed by atoms with Gasteiger partial charge in [0.15, 0.2) is 0 Å². The van der Waals surface area contributed by atoms with Gasteiger partial charge in [0.2, 0.25) is 0 Å². The topological polar surface area (TPSA) is 49.3 Å². The lowest BCUT2D eigenvalue weighted by atomic mass is 9.69. The maximum absolute atomic E-state index is 10.9. The molecule has 2 aliphatic carbocycles. The quantitative estimate of drug-likeness (QED) is 0.776. The highest BCUT2D eigenvalue weighted by atomic mass is 16.4. The fraction of sp³-hybridized carbons (Fsp3) is 0.923. The average Bonchev–Trinajstić information content (AvgIpc) is 2.71. The number of nitrogens with one attached hydrogen (secondary N) is 1. The summed E-state index contributed by atoms with van der Waals surface area (Å²) in [6.45, 7) is 1.76. The van der Waals surface area contributed by atoms with Gasteiger partial charge in [-0.25, -0.2) is 0 Å². The minimum atomic E-state index is -0.723. The van der Waals surface area contributed by atoms with Crippen molar-refractivity contribution in [2.24, 2.45) is 5.41 Å². The molecular formula is C13H23NO2. The van der Waals surface area contributed by atoms with Crippen molar-refractivity contribution in [3.05, 3.63) is 0 Å². The molecule has 2 unspecified atom stereocenters. The van der Waals surface area contributed by atoms with Crippen LogP contribution in [0.4, 0.5) is 0 Å². The predicted molar refractivity (Wildman–Crippen MR) is 63.4 cm³/mol. The number of rotatable bonds is 3. The largest absolute Gasteiger partial charge is 0.480 e. The van der Waals surface area contributed by atoms with Crippen LogP contribution in [0.2, 0.25) is 0 Å². The van der Waals surface area contributed by atoms with Gasteiger partial charge in [-0.1, -0.05) is 25.7 Å². The third kappa shape index (κ3) is 2.24. The van der Waals surface area contributed by atoms with Crippen LogP contribution in [0.1, 0.15) is 58.3 Å². The van der Waals surface area contributed by atoms with E-state index in [4.69, 9.17) is 5.11 Å². The van der Waals surface area contributed by atoms with Gasteiger partial charge in [-0.2, -0.15) is 0 Å². The second-order valence-corrected chi connectivity index (χ2v) is 5.59. The van der Waals surface area contributed by atoms with Gasteiger partial charge in [0.1, 0.15) is 6.04 Å². The van der Waals surface area contributed by atoms with Crippen LogP contribution >= 0.6 is 0 Å². The summed E-state index contributed by atoms with van der Waals surface area (Å²) < 4.78 is 0. The zero-order valence-corrected chi connectivity index (χ0v) is 10.2. The molecule has 0 heterocycles. The monoisotopic (exact) mass is 225 g/mol. The summed E-state index contributed by atoms with van der Waals surface area (Å²) in [5.41, 5.74) is 0.432. The Balaban J connectivity index is 2.02. The molecule has 2 N–H and O–H groups in total. The standard InChI is InChI=1S/C13H23NO2/c1-10(12(15)16)14-11-6-2-3-7-13(11)8-4-5-9-13/h10-11,14H,2-9H2,1H3,(H,15,16). The molecule has 2 saturated carbocycles. The lowest BCUT2D eigenvalue weighted by Crippen LogP contribution is -2.51. The van der Waals surface area contributed by atoms with E-state index in [0.29, 0.717) is 11.5 Å². The van der Waals surface area contributed by atoms with Gasteiger partial charge < -0.3 is 10.4 Å². The number of hydrogen-bond donors (Lipinski definition) is 2. The van der Waals surface area contributed by atoms with Gasteiger partial charge >= 0.3 is 5.97 Å². The maximum atomic E-state index is 10.9. The van der Waals surface area contributed by atoms with Crippen molar-refractivity contribution in [1.82, 2.24) is 5.32 Å². The molecule has 1 spiro atoms. The average molecular weight is 225 g/mol. The molecular weight excluding hydrogens is 202 g/mol. The summed E-state index contributed by atoms with van der Waals surface area (Å²) in [6.07, 6.45) is 10.3. The molecule has 0 bridgehead atoms. The second kappa shape index (κ2) is 4.74. The Morgan fingerprint density at radius 2 is 1.81 bits per heavy atom. The van der Waals surface area contributed by atoms with Crippen molar-refractivity contribution < 1.29 is 9.90 Å². The highest BCUT2D eigenvalue weighted by Gasteiger charge is 2.43. The fourth-order valence-corrected chi connectivity index (χ4v) is 3.62. The normalized spacial score (nSPS) is 30.4. The third-order valence-corrected chi connectivity index (χ3v) is 4.58. The van der Waals surface area contributed by atoms with Crippen LogP contribution in [-0.2, 0) is 4.79 Å². The van der Waals surface area contributed by atoms with Crippen LogP contribution in [0.3, 0.4) is 0 Å². The molecule has 0 amide bonds. The van der Waals surface area contributed by atoms with Gasteiger partial charge in [0, 0.05) is 6.04 Å². The highest BCUT2D eigenvalue weighted by molar-refractivity contribution is 5.72. The van der Waals surface area contributed by atoms with Gasteiger partial charge in [0.05, 0.1) is 0 Å². The van der Waals surface area contributed by atoms with E-state index in [1.165, 1.54) is 44.9 Å². The van der Waals surface area contributed by atoms with E-state index >= 15 is 0 Å². The van der Waals surface area contributed by atoms with E-state index in [2.05, 4.69) is 5.32 Å².